The molecule has 0 aromatic heterocycles. The number of ether oxygens (including phenoxy) is 1. The Morgan fingerprint density at radius 2 is 2.00 bits per heavy atom. The molecule has 2 aromatic rings. The first-order valence-electron chi connectivity index (χ1n) is 8.58. The zero-order chi connectivity index (χ0) is 18.5. The van der Waals surface area contributed by atoms with E-state index in [2.05, 4.69) is 5.32 Å². The predicted molar refractivity (Wildman–Crippen MR) is 98.5 cm³/mol. The third kappa shape index (κ3) is 4.21. The molecule has 0 spiro atoms. The summed E-state index contributed by atoms with van der Waals surface area (Å²) in [6.07, 6.45) is 1.58. The number of carbonyl (C=O) groups is 2. The molecule has 2 N–H and O–H groups in total. The maximum Gasteiger partial charge on any atom is 0.320 e. The second-order valence-corrected chi connectivity index (χ2v) is 6.35. The van der Waals surface area contributed by atoms with E-state index in [9.17, 15) is 14.7 Å². The van der Waals surface area contributed by atoms with Crippen LogP contribution in [0.5, 0.6) is 5.75 Å². The zero-order valence-electron chi connectivity index (χ0n) is 14.6. The third-order valence-electron chi connectivity index (χ3n) is 4.57. The molecule has 0 bridgehead atoms. The number of hydrogen-bond acceptors (Lipinski definition) is 4. The van der Waals surface area contributed by atoms with Crippen LogP contribution in [-0.2, 0) is 11.3 Å². The summed E-state index contributed by atoms with van der Waals surface area (Å²) in [6, 6.07) is 14.0. The van der Waals surface area contributed by atoms with Gasteiger partial charge in [-0.3, -0.25) is 14.5 Å². The molecule has 1 saturated heterocycles. The van der Waals surface area contributed by atoms with Gasteiger partial charge in [0.25, 0.3) is 5.91 Å². The number of aliphatic carboxylic acids is 1. The van der Waals surface area contributed by atoms with Crippen LogP contribution >= 0.6 is 0 Å². The van der Waals surface area contributed by atoms with Crippen LogP contribution in [0.1, 0.15) is 28.8 Å². The Morgan fingerprint density at radius 3 is 2.69 bits per heavy atom. The highest BCUT2D eigenvalue weighted by Crippen LogP contribution is 2.22. The van der Waals surface area contributed by atoms with Crippen molar-refractivity contribution in [3.8, 4) is 5.75 Å². The fourth-order valence-electron chi connectivity index (χ4n) is 3.22. The molecule has 1 aliphatic rings. The first-order chi connectivity index (χ1) is 12.6. The molecule has 2 aromatic carbocycles. The highest BCUT2D eigenvalue weighted by atomic mass is 16.5. The molecule has 1 atom stereocenters. The quantitative estimate of drug-likeness (QED) is 0.834. The van der Waals surface area contributed by atoms with E-state index < -0.39 is 12.0 Å². The van der Waals surface area contributed by atoms with E-state index in [1.54, 1.807) is 31.4 Å². The van der Waals surface area contributed by atoms with Crippen molar-refractivity contribution < 1.29 is 19.4 Å². The maximum atomic E-state index is 12.4. The van der Waals surface area contributed by atoms with Crippen LogP contribution < -0.4 is 10.1 Å². The van der Waals surface area contributed by atoms with Crippen molar-refractivity contribution in [3.05, 3.63) is 59.7 Å². The lowest BCUT2D eigenvalue weighted by atomic mass is 10.1. The SMILES string of the molecule is COc1ccc(C(=O)Nc2cccc(CN3CCCC3C(=O)O)c2)cc1. The summed E-state index contributed by atoms with van der Waals surface area (Å²) in [6.45, 7) is 1.34. The molecule has 1 amide bonds. The van der Waals surface area contributed by atoms with E-state index >= 15 is 0 Å². The predicted octanol–water partition coefficient (Wildman–Crippen LogP) is 3.00. The van der Waals surface area contributed by atoms with Crippen LogP contribution in [0.4, 0.5) is 5.69 Å². The number of likely N-dealkylation sites (tertiary alicyclic amines) is 1. The fraction of sp³-hybridized carbons (Fsp3) is 0.300. The fourth-order valence-corrected chi connectivity index (χ4v) is 3.22. The lowest BCUT2D eigenvalue weighted by Crippen LogP contribution is -2.35. The van der Waals surface area contributed by atoms with Crippen molar-refractivity contribution in [2.45, 2.75) is 25.4 Å². The normalized spacial score (nSPS) is 17.0. The number of benzene rings is 2. The highest BCUT2D eigenvalue weighted by Gasteiger charge is 2.30. The largest absolute Gasteiger partial charge is 0.497 e. The monoisotopic (exact) mass is 354 g/mol. The molecular weight excluding hydrogens is 332 g/mol. The van der Waals surface area contributed by atoms with Gasteiger partial charge in [-0.05, 0) is 61.3 Å². The minimum atomic E-state index is -0.772. The Kier molecular flexibility index (Phi) is 5.53. The van der Waals surface area contributed by atoms with Gasteiger partial charge in [0, 0.05) is 17.8 Å². The van der Waals surface area contributed by atoms with E-state index in [0.717, 1.165) is 18.5 Å². The van der Waals surface area contributed by atoms with Gasteiger partial charge >= 0.3 is 5.97 Å². The molecule has 136 valence electrons. The smallest absolute Gasteiger partial charge is 0.320 e. The number of amides is 1. The summed E-state index contributed by atoms with van der Waals surface area (Å²) in [7, 11) is 1.58. The number of nitrogens with zero attached hydrogens (tertiary/aromatic N) is 1. The minimum absolute atomic E-state index is 0.200. The summed E-state index contributed by atoms with van der Waals surface area (Å²) >= 11 is 0. The number of carboxylic acids is 1. The van der Waals surface area contributed by atoms with E-state index in [4.69, 9.17) is 4.74 Å². The minimum Gasteiger partial charge on any atom is -0.497 e. The van der Waals surface area contributed by atoms with Crippen molar-refractivity contribution >= 4 is 17.6 Å². The Bertz CT molecular complexity index is 789. The molecule has 1 aliphatic heterocycles. The number of hydrogen-bond donors (Lipinski definition) is 2. The first kappa shape index (κ1) is 17.9. The Labute approximate surface area is 152 Å². The second-order valence-electron chi connectivity index (χ2n) is 6.35. The summed E-state index contributed by atoms with van der Waals surface area (Å²) in [5, 5.41) is 12.2. The van der Waals surface area contributed by atoms with Crippen LogP contribution in [0.25, 0.3) is 0 Å². The van der Waals surface area contributed by atoms with Crippen molar-refractivity contribution in [1.29, 1.82) is 0 Å². The van der Waals surface area contributed by atoms with Gasteiger partial charge in [-0.25, -0.2) is 0 Å². The van der Waals surface area contributed by atoms with Crippen molar-refractivity contribution in [2.24, 2.45) is 0 Å². The molecule has 0 saturated carbocycles. The van der Waals surface area contributed by atoms with Gasteiger partial charge in [0.1, 0.15) is 11.8 Å². The van der Waals surface area contributed by atoms with Gasteiger partial charge in [-0.1, -0.05) is 12.1 Å². The number of nitrogens with one attached hydrogen (secondary N) is 1. The van der Waals surface area contributed by atoms with Crippen molar-refractivity contribution in [3.63, 3.8) is 0 Å². The summed E-state index contributed by atoms with van der Waals surface area (Å²) in [5.41, 5.74) is 2.21. The van der Waals surface area contributed by atoms with Gasteiger partial charge in [-0.15, -0.1) is 0 Å². The van der Waals surface area contributed by atoms with Gasteiger partial charge in [0.05, 0.1) is 7.11 Å². The van der Waals surface area contributed by atoms with Crippen LogP contribution in [0.3, 0.4) is 0 Å². The molecule has 3 rings (SSSR count). The van der Waals surface area contributed by atoms with Gasteiger partial charge in [0.2, 0.25) is 0 Å². The maximum absolute atomic E-state index is 12.4. The average molecular weight is 354 g/mol. The van der Waals surface area contributed by atoms with Crippen LogP contribution in [-0.4, -0.2) is 41.6 Å². The van der Waals surface area contributed by atoms with E-state index in [0.29, 0.717) is 30.0 Å². The lowest BCUT2D eigenvalue weighted by Gasteiger charge is -2.21. The van der Waals surface area contributed by atoms with E-state index in [1.165, 1.54) is 0 Å². The molecule has 6 nitrogen and oxygen atoms in total. The lowest BCUT2D eigenvalue weighted by molar-refractivity contribution is -0.142. The summed E-state index contributed by atoms with van der Waals surface area (Å²) in [4.78, 5) is 25.6. The molecule has 26 heavy (non-hydrogen) atoms. The topological polar surface area (TPSA) is 78.9 Å². The number of anilines is 1. The van der Waals surface area contributed by atoms with Gasteiger partial charge in [0.15, 0.2) is 0 Å². The number of rotatable bonds is 6. The number of carbonyl (C=O) groups excluding carboxylic acids is 1. The Morgan fingerprint density at radius 1 is 1.23 bits per heavy atom. The Hall–Kier alpha value is -2.86. The molecule has 0 aliphatic carbocycles. The summed E-state index contributed by atoms with van der Waals surface area (Å²) < 4.78 is 5.09. The number of methoxy groups -OCH3 is 1. The van der Waals surface area contributed by atoms with E-state index in [1.807, 2.05) is 29.2 Å². The van der Waals surface area contributed by atoms with Gasteiger partial charge in [-0.2, -0.15) is 0 Å². The third-order valence-corrected chi connectivity index (χ3v) is 4.57. The number of carboxylic acid groups (broad SMARTS) is 1. The molecule has 6 heteroatoms. The highest BCUT2D eigenvalue weighted by molar-refractivity contribution is 6.04. The summed E-state index contributed by atoms with van der Waals surface area (Å²) in [5.74, 6) is -0.275. The first-order valence-corrected chi connectivity index (χ1v) is 8.58. The average Bonchev–Trinajstić information content (AvgIpc) is 3.10. The standard InChI is InChI=1S/C20H22N2O4/c1-26-17-9-7-15(8-10-17)19(23)21-16-5-2-4-14(12-16)13-22-11-3-6-18(22)20(24)25/h2,4-5,7-10,12,18H,3,6,11,13H2,1H3,(H,21,23)(H,24,25). The molecule has 0 radical (unpaired) electrons. The van der Waals surface area contributed by atoms with Crippen LogP contribution in [0.2, 0.25) is 0 Å². The molecule has 1 heterocycles. The van der Waals surface area contributed by atoms with Crippen LogP contribution in [0.15, 0.2) is 48.5 Å². The van der Waals surface area contributed by atoms with Crippen molar-refractivity contribution in [2.75, 3.05) is 19.0 Å². The van der Waals surface area contributed by atoms with Crippen molar-refractivity contribution in [1.82, 2.24) is 4.90 Å². The molecule has 1 fully saturated rings. The molecule has 1 unspecified atom stereocenters. The van der Waals surface area contributed by atoms with Crippen LogP contribution in [0, 0.1) is 0 Å². The second kappa shape index (κ2) is 8.01. The van der Waals surface area contributed by atoms with Gasteiger partial charge < -0.3 is 15.2 Å². The zero-order valence-corrected chi connectivity index (χ0v) is 14.6. The Balaban J connectivity index is 1.66. The van der Waals surface area contributed by atoms with E-state index in [-0.39, 0.29) is 5.91 Å². The molecular formula is C20H22N2O4.